The molecule has 0 spiro atoms. The largest absolute Gasteiger partial charge is 0.396 e. The first kappa shape index (κ1) is 24.3. The molecule has 0 atom stereocenters. The third-order valence-corrected chi connectivity index (χ3v) is 6.21. The number of rotatable bonds is 8. The van der Waals surface area contributed by atoms with E-state index in [0.29, 0.717) is 11.4 Å². The number of hydrogen-bond donors (Lipinski definition) is 3. The summed E-state index contributed by atoms with van der Waals surface area (Å²) in [6, 6.07) is 19.2. The molecule has 0 aliphatic rings. The van der Waals surface area contributed by atoms with Gasteiger partial charge in [0.15, 0.2) is 0 Å². The Bertz CT molecular complexity index is 1130. The van der Waals surface area contributed by atoms with Crippen LogP contribution in [-0.4, -0.2) is 17.6 Å². The topological polar surface area (TPSA) is 84.2 Å². The molecule has 3 aromatic rings. The number of anilines is 3. The Morgan fingerprint density at radius 2 is 1.58 bits per heavy atom. The minimum absolute atomic E-state index is 0.0264. The van der Waals surface area contributed by atoms with Crippen molar-refractivity contribution < 1.29 is 14.0 Å². The number of nitrogens with two attached hydrogens (primary N) is 1. The van der Waals surface area contributed by atoms with Crippen LogP contribution in [0.25, 0.3) is 0 Å². The summed E-state index contributed by atoms with van der Waals surface area (Å²) >= 11 is 1.76. The zero-order valence-corrected chi connectivity index (χ0v) is 19.8. The third-order valence-electron chi connectivity index (χ3n) is 5.31. The molecular formula is C26H28FN3O2S. The predicted octanol–water partition coefficient (Wildman–Crippen LogP) is 5.62. The van der Waals surface area contributed by atoms with Crippen LogP contribution in [0.4, 0.5) is 21.5 Å². The molecule has 0 saturated heterocycles. The van der Waals surface area contributed by atoms with Crippen molar-refractivity contribution in [3.63, 3.8) is 0 Å². The van der Waals surface area contributed by atoms with Gasteiger partial charge in [-0.05, 0) is 73.2 Å². The van der Waals surface area contributed by atoms with E-state index < -0.39 is 11.2 Å². The van der Waals surface area contributed by atoms with Gasteiger partial charge in [-0.2, -0.15) is 0 Å². The van der Waals surface area contributed by atoms with Crippen LogP contribution in [0, 0.1) is 5.82 Å². The monoisotopic (exact) mass is 465 g/mol. The Kier molecular flexibility index (Phi) is 7.76. The quantitative estimate of drug-likeness (QED) is 0.298. The number of carbonyl (C=O) groups excluding carboxylic acids is 2. The second-order valence-electron chi connectivity index (χ2n) is 8.19. The summed E-state index contributed by atoms with van der Waals surface area (Å²) in [5.41, 5.74) is 7.50. The number of nitrogens with one attached hydrogen (secondary N) is 2. The van der Waals surface area contributed by atoms with Crippen molar-refractivity contribution in [2.45, 2.75) is 37.5 Å². The van der Waals surface area contributed by atoms with Gasteiger partial charge >= 0.3 is 0 Å². The van der Waals surface area contributed by atoms with Gasteiger partial charge in [-0.1, -0.05) is 31.2 Å². The molecule has 0 unspecified atom stereocenters. The second-order valence-corrected chi connectivity index (χ2v) is 9.53. The normalized spacial score (nSPS) is 11.2. The highest BCUT2D eigenvalue weighted by Crippen LogP contribution is 2.27. The Labute approximate surface area is 198 Å². The predicted molar refractivity (Wildman–Crippen MR) is 134 cm³/mol. The van der Waals surface area contributed by atoms with Crippen molar-refractivity contribution in [3.8, 4) is 0 Å². The maximum absolute atomic E-state index is 13.4. The van der Waals surface area contributed by atoms with E-state index in [1.165, 1.54) is 23.1 Å². The number of hydrogen-bond acceptors (Lipinski definition) is 4. The van der Waals surface area contributed by atoms with Crippen LogP contribution in [0.1, 0.15) is 31.9 Å². The molecular weight excluding hydrogens is 437 g/mol. The fraction of sp³-hybridized carbons (Fsp3) is 0.231. The Hall–Kier alpha value is -3.32. The Morgan fingerprint density at radius 3 is 2.18 bits per heavy atom. The smallest absolute Gasteiger partial charge is 0.234 e. The van der Waals surface area contributed by atoms with Crippen LogP contribution in [-0.2, 0) is 21.4 Å². The lowest BCUT2D eigenvalue weighted by molar-refractivity contribution is -0.120. The van der Waals surface area contributed by atoms with Crippen molar-refractivity contribution in [1.29, 1.82) is 0 Å². The molecule has 172 valence electrons. The SMILES string of the molecule is CCSc1ccc(CC(=O)Nc2ccc(C(C)(C)C(=O)Nc3ccc(F)c(N)c3)cc2)cc1. The second kappa shape index (κ2) is 10.5. The highest BCUT2D eigenvalue weighted by atomic mass is 32.2. The van der Waals surface area contributed by atoms with E-state index in [2.05, 4.69) is 17.6 Å². The van der Waals surface area contributed by atoms with Crippen molar-refractivity contribution in [3.05, 3.63) is 83.7 Å². The van der Waals surface area contributed by atoms with Crippen LogP contribution in [0.15, 0.2) is 71.6 Å². The molecule has 7 heteroatoms. The van der Waals surface area contributed by atoms with Crippen LogP contribution in [0.3, 0.4) is 0 Å². The zero-order chi connectivity index (χ0) is 24.0. The van der Waals surface area contributed by atoms with Crippen LogP contribution in [0.2, 0.25) is 0 Å². The number of nitrogen functional groups attached to an aromatic ring is 1. The van der Waals surface area contributed by atoms with Gasteiger partial charge in [0.25, 0.3) is 0 Å². The molecule has 0 radical (unpaired) electrons. The molecule has 3 aromatic carbocycles. The molecule has 0 aromatic heterocycles. The highest BCUT2D eigenvalue weighted by Gasteiger charge is 2.30. The average Bonchev–Trinajstić information content (AvgIpc) is 2.78. The molecule has 0 bridgehead atoms. The van der Waals surface area contributed by atoms with Crippen LogP contribution < -0.4 is 16.4 Å². The van der Waals surface area contributed by atoms with E-state index >= 15 is 0 Å². The number of carbonyl (C=O) groups is 2. The first-order valence-corrected chi connectivity index (χ1v) is 11.7. The number of amides is 2. The van der Waals surface area contributed by atoms with Crippen molar-refractivity contribution in [1.82, 2.24) is 0 Å². The molecule has 4 N–H and O–H groups in total. The van der Waals surface area contributed by atoms with Crippen molar-refractivity contribution in [2.24, 2.45) is 0 Å². The molecule has 33 heavy (non-hydrogen) atoms. The molecule has 0 saturated carbocycles. The van der Waals surface area contributed by atoms with E-state index in [4.69, 9.17) is 5.73 Å². The number of benzene rings is 3. The summed E-state index contributed by atoms with van der Waals surface area (Å²) in [7, 11) is 0. The van der Waals surface area contributed by atoms with E-state index in [0.717, 1.165) is 16.9 Å². The zero-order valence-electron chi connectivity index (χ0n) is 18.9. The van der Waals surface area contributed by atoms with Gasteiger partial charge in [0.05, 0.1) is 17.5 Å². The van der Waals surface area contributed by atoms with E-state index in [1.54, 1.807) is 37.7 Å². The first-order chi connectivity index (χ1) is 15.7. The minimum atomic E-state index is -0.857. The summed E-state index contributed by atoms with van der Waals surface area (Å²) in [5.74, 6) is 0.117. The Morgan fingerprint density at radius 1 is 0.939 bits per heavy atom. The maximum atomic E-state index is 13.4. The molecule has 5 nitrogen and oxygen atoms in total. The van der Waals surface area contributed by atoms with Crippen molar-refractivity contribution in [2.75, 3.05) is 22.1 Å². The lowest BCUT2D eigenvalue weighted by Crippen LogP contribution is -2.34. The summed E-state index contributed by atoms with van der Waals surface area (Å²) in [6.45, 7) is 5.69. The summed E-state index contributed by atoms with van der Waals surface area (Å²) in [5, 5.41) is 5.67. The molecule has 0 heterocycles. The fourth-order valence-electron chi connectivity index (χ4n) is 3.27. The Balaban J connectivity index is 1.61. The lowest BCUT2D eigenvalue weighted by Gasteiger charge is -2.24. The summed E-state index contributed by atoms with van der Waals surface area (Å²) in [6.07, 6.45) is 0.285. The van der Waals surface area contributed by atoms with Gasteiger partial charge < -0.3 is 16.4 Å². The molecule has 3 rings (SSSR count). The summed E-state index contributed by atoms with van der Waals surface area (Å²) < 4.78 is 13.4. The van der Waals surface area contributed by atoms with Crippen LogP contribution >= 0.6 is 11.8 Å². The average molecular weight is 466 g/mol. The van der Waals surface area contributed by atoms with E-state index in [1.807, 2.05) is 36.4 Å². The maximum Gasteiger partial charge on any atom is 0.234 e. The van der Waals surface area contributed by atoms with Gasteiger partial charge in [-0.25, -0.2) is 4.39 Å². The standard InChI is InChI=1S/C26H28FN3O2S/c1-4-33-21-12-5-17(6-13-21)15-24(31)29-19-9-7-18(8-10-19)26(2,3)25(32)30-20-11-14-22(27)23(28)16-20/h5-14,16H,4,15,28H2,1-3H3,(H,29,31)(H,30,32). The van der Waals surface area contributed by atoms with Gasteiger partial charge in [0, 0.05) is 16.3 Å². The molecule has 0 fully saturated rings. The molecule has 0 aliphatic carbocycles. The minimum Gasteiger partial charge on any atom is -0.396 e. The first-order valence-electron chi connectivity index (χ1n) is 10.7. The third kappa shape index (κ3) is 6.35. The van der Waals surface area contributed by atoms with Gasteiger partial charge in [-0.15, -0.1) is 11.8 Å². The molecule has 0 aliphatic heterocycles. The van der Waals surface area contributed by atoms with E-state index in [9.17, 15) is 14.0 Å². The fourth-order valence-corrected chi connectivity index (χ4v) is 3.93. The molecule has 2 amide bonds. The lowest BCUT2D eigenvalue weighted by atomic mass is 9.83. The van der Waals surface area contributed by atoms with Crippen LogP contribution in [0.5, 0.6) is 0 Å². The van der Waals surface area contributed by atoms with Crippen molar-refractivity contribution >= 4 is 40.6 Å². The number of thioether (sulfide) groups is 1. The number of halogens is 1. The van der Waals surface area contributed by atoms with Gasteiger partial charge in [-0.3, -0.25) is 9.59 Å². The van der Waals surface area contributed by atoms with E-state index in [-0.39, 0.29) is 23.9 Å². The summed E-state index contributed by atoms with van der Waals surface area (Å²) in [4.78, 5) is 26.5. The highest BCUT2D eigenvalue weighted by molar-refractivity contribution is 7.99. The van der Waals surface area contributed by atoms with Gasteiger partial charge in [0.1, 0.15) is 5.82 Å². The van der Waals surface area contributed by atoms with Gasteiger partial charge in [0.2, 0.25) is 11.8 Å².